The molecule has 0 heterocycles. The van der Waals surface area contributed by atoms with Crippen LogP contribution in [0.3, 0.4) is 0 Å². The Morgan fingerprint density at radius 2 is 2.00 bits per heavy atom. The van der Waals surface area contributed by atoms with Crippen LogP contribution in [0.5, 0.6) is 0 Å². The first-order valence-electron chi connectivity index (χ1n) is 6.86. The minimum absolute atomic E-state index is 0.114. The molecular weight excluding hydrogens is 248 g/mol. The van der Waals surface area contributed by atoms with E-state index in [1.165, 1.54) is 6.42 Å². The number of nitrogens with zero attached hydrogens (tertiary/aromatic N) is 1. The van der Waals surface area contributed by atoms with Gasteiger partial charge in [-0.25, -0.2) is 0 Å². The largest absolute Gasteiger partial charge is 0.344 e. The maximum atomic E-state index is 12.3. The number of hydrogen-bond acceptors (Lipinski definition) is 4. The summed E-state index contributed by atoms with van der Waals surface area (Å²) in [6, 6.07) is 0. The van der Waals surface area contributed by atoms with Crippen LogP contribution in [0, 0.1) is 5.92 Å². The lowest BCUT2D eigenvalue weighted by molar-refractivity contribution is -0.147. The van der Waals surface area contributed by atoms with Crippen LogP contribution in [0.15, 0.2) is 0 Å². The van der Waals surface area contributed by atoms with Crippen molar-refractivity contribution in [1.82, 2.24) is 10.4 Å². The first-order valence-corrected chi connectivity index (χ1v) is 6.86. The van der Waals surface area contributed by atoms with Crippen LogP contribution in [-0.4, -0.2) is 36.3 Å². The summed E-state index contributed by atoms with van der Waals surface area (Å²) in [6.45, 7) is 3.01. The normalized spacial score (nSPS) is 15.6. The topological polar surface area (TPSA) is 75.7 Å². The average molecular weight is 270 g/mol. The van der Waals surface area contributed by atoms with Gasteiger partial charge in [-0.15, -0.1) is 0 Å². The summed E-state index contributed by atoms with van der Waals surface area (Å²) < 4.78 is 0. The van der Waals surface area contributed by atoms with Crippen LogP contribution < -0.4 is 5.48 Å². The Hall–Kier alpha value is -1.59. The molecule has 0 bridgehead atoms. The van der Waals surface area contributed by atoms with E-state index in [1.807, 2.05) is 12.4 Å². The lowest BCUT2D eigenvalue weighted by Gasteiger charge is -2.28. The molecule has 0 aromatic carbocycles. The van der Waals surface area contributed by atoms with Crippen LogP contribution in [0.1, 0.15) is 45.4 Å². The van der Waals surface area contributed by atoms with Gasteiger partial charge in [-0.3, -0.25) is 14.4 Å². The lowest BCUT2D eigenvalue weighted by Crippen LogP contribution is -2.39. The minimum atomic E-state index is -0.401. The molecule has 1 aliphatic rings. The molecule has 0 saturated heterocycles. The molecule has 0 spiro atoms. The zero-order valence-electron chi connectivity index (χ0n) is 11.4. The summed E-state index contributed by atoms with van der Waals surface area (Å²) in [5.74, 6) is -0.142. The van der Waals surface area contributed by atoms with Crippen molar-refractivity contribution in [2.24, 2.45) is 5.92 Å². The Bertz CT molecular complexity index is 314. The number of carbonyl (C=O) groups is 3. The first-order chi connectivity index (χ1) is 9.19. The van der Waals surface area contributed by atoms with Crippen LogP contribution in [0.25, 0.3) is 0 Å². The fourth-order valence-corrected chi connectivity index (χ4v) is 2.41. The van der Waals surface area contributed by atoms with Gasteiger partial charge in [-0.2, -0.15) is 5.48 Å². The Labute approximate surface area is 113 Å². The van der Waals surface area contributed by atoms with E-state index in [0.29, 0.717) is 13.1 Å². The third-order valence-corrected chi connectivity index (χ3v) is 3.48. The van der Waals surface area contributed by atoms with E-state index in [1.54, 1.807) is 4.90 Å². The SMILES string of the molecule is CCN(CCC(=O)NOC=O)C(=O)C1CCCCC1. The second-order valence-corrected chi connectivity index (χ2v) is 4.74. The highest BCUT2D eigenvalue weighted by atomic mass is 16.7. The number of nitrogens with one attached hydrogen (secondary N) is 1. The van der Waals surface area contributed by atoms with Crippen molar-refractivity contribution < 1.29 is 19.2 Å². The van der Waals surface area contributed by atoms with Crippen LogP contribution in [0.4, 0.5) is 0 Å². The zero-order valence-corrected chi connectivity index (χ0v) is 11.4. The van der Waals surface area contributed by atoms with Gasteiger partial charge in [-0.1, -0.05) is 19.3 Å². The molecule has 108 valence electrons. The number of carbonyl (C=O) groups excluding carboxylic acids is 3. The van der Waals surface area contributed by atoms with E-state index < -0.39 is 5.91 Å². The Morgan fingerprint density at radius 1 is 1.32 bits per heavy atom. The smallest absolute Gasteiger partial charge is 0.320 e. The summed E-state index contributed by atoms with van der Waals surface area (Å²) >= 11 is 0. The van der Waals surface area contributed by atoms with Gasteiger partial charge in [0.05, 0.1) is 0 Å². The third kappa shape index (κ3) is 5.28. The van der Waals surface area contributed by atoms with Gasteiger partial charge in [0.1, 0.15) is 0 Å². The number of hydroxylamine groups is 1. The summed E-state index contributed by atoms with van der Waals surface area (Å²) in [7, 11) is 0. The average Bonchev–Trinajstić information content (AvgIpc) is 2.46. The van der Waals surface area contributed by atoms with Crippen molar-refractivity contribution in [2.45, 2.75) is 45.4 Å². The van der Waals surface area contributed by atoms with Gasteiger partial charge in [0.25, 0.3) is 5.91 Å². The van der Waals surface area contributed by atoms with E-state index in [0.717, 1.165) is 25.7 Å². The maximum absolute atomic E-state index is 12.3. The van der Waals surface area contributed by atoms with Gasteiger partial charge >= 0.3 is 6.47 Å². The summed E-state index contributed by atoms with van der Waals surface area (Å²) in [6.07, 6.45) is 5.48. The molecule has 0 unspecified atom stereocenters. The van der Waals surface area contributed by atoms with E-state index in [9.17, 15) is 14.4 Å². The van der Waals surface area contributed by atoms with Crippen LogP contribution in [-0.2, 0) is 19.2 Å². The Morgan fingerprint density at radius 3 is 2.58 bits per heavy atom. The number of rotatable bonds is 7. The van der Waals surface area contributed by atoms with E-state index in [4.69, 9.17) is 0 Å². The van der Waals surface area contributed by atoms with Crippen molar-refractivity contribution in [3.8, 4) is 0 Å². The highest BCUT2D eigenvalue weighted by molar-refractivity contribution is 5.80. The second kappa shape index (κ2) is 8.50. The molecule has 1 saturated carbocycles. The number of amides is 2. The Kier molecular flexibility index (Phi) is 6.92. The van der Waals surface area contributed by atoms with Gasteiger partial charge in [0, 0.05) is 25.4 Å². The summed E-state index contributed by atoms with van der Waals surface area (Å²) in [4.78, 5) is 39.3. The fraction of sp³-hybridized carbons (Fsp3) is 0.769. The summed E-state index contributed by atoms with van der Waals surface area (Å²) in [5, 5.41) is 0. The highest BCUT2D eigenvalue weighted by Crippen LogP contribution is 2.25. The molecule has 1 rings (SSSR count). The van der Waals surface area contributed by atoms with Crippen molar-refractivity contribution in [3.05, 3.63) is 0 Å². The molecule has 1 N–H and O–H groups in total. The molecule has 1 fully saturated rings. The van der Waals surface area contributed by atoms with Crippen molar-refractivity contribution in [2.75, 3.05) is 13.1 Å². The van der Waals surface area contributed by atoms with Crippen LogP contribution in [0.2, 0.25) is 0 Å². The van der Waals surface area contributed by atoms with Gasteiger partial charge in [0.2, 0.25) is 5.91 Å². The molecule has 6 nitrogen and oxygen atoms in total. The predicted octanol–water partition coefficient (Wildman–Crippen LogP) is 1.01. The lowest BCUT2D eigenvalue weighted by atomic mass is 9.88. The highest BCUT2D eigenvalue weighted by Gasteiger charge is 2.25. The Balaban J connectivity index is 2.36. The molecule has 6 heteroatoms. The van der Waals surface area contributed by atoms with E-state index in [2.05, 4.69) is 4.84 Å². The van der Waals surface area contributed by atoms with E-state index >= 15 is 0 Å². The molecule has 0 aromatic heterocycles. The molecule has 1 aliphatic carbocycles. The van der Waals surface area contributed by atoms with Crippen LogP contribution >= 0.6 is 0 Å². The first kappa shape index (κ1) is 15.5. The third-order valence-electron chi connectivity index (χ3n) is 3.48. The molecule has 19 heavy (non-hydrogen) atoms. The van der Waals surface area contributed by atoms with Gasteiger partial charge in [0.15, 0.2) is 0 Å². The second-order valence-electron chi connectivity index (χ2n) is 4.74. The molecular formula is C13H22N2O4. The standard InChI is InChI=1S/C13H22N2O4/c1-2-15(9-8-12(17)14-19-10-16)13(18)11-6-4-3-5-7-11/h10-11H,2-9H2,1H3,(H,14,17). The molecule has 0 radical (unpaired) electrons. The zero-order chi connectivity index (χ0) is 14.1. The van der Waals surface area contributed by atoms with Gasteiger partial charge < -0.3 is 9.74 Å². The number of hydrogen-bond donors (Lipinski definition) is 1. The predicted molar refractivity (Wildman–Crippen MR) is 68.7 cm³/mol. The van der Waals surface area contributed by atoms with Crippen molar-refractivity contribution in [3.63, 3.8) is 0 Å². The van der Waals surface area contributed by atoms with Crippen molar-refractivity contribution in [1.29, 1.82) is 0 Å². The quantitative estimate of drug-likeness (QED) is 0.553. The molecule has 2 amide bonds. The fourth-order valence-electron chi connectivity index (χ4n) is 2.41. The minimum Gasteiger partial charge on any atom is -0.344 e. The van der Waals surface area contributed by atoms with Gasteiger partial charge in [-0.05, 0) is 19.8 Å². The molecule has 0 aromatic rings. The maximum Gasteiger partial charge on any atom is 0.320 e. The molecule has 0 atom stereocenters. The van der Waals surface area contributed by atoms with E-state index in [-0.39, 0.29) is 24.7 Å². The summed E-state index contributed by atoms with van der Waals surface area (Å²) in [5.41, 5.74) is 1.99. The van der Waals surface area contributed by atoms with Crippen molar-refractivity contribution >= 4 is 18.3 Å². The molecule has 0 aliphatic heterocycles. The monoisotopic (exact) mass is 270 g/mol.